The molecule has 3 fully saturated rings. The summed E-state index contributed by atoms with van der Waals surface area (Å²) in [6.45, 7) is 6.14. The van der Waals surface area contributed by atoms with Gasteiger partial charge in [0.25, 0.3) is 0 Å². The average Bonchev–Trinajstić information content (AvgIpc) is 2.56. The molecule has 3 saturated heterocycles. The molecule has 0 N–H and O–H groups in total. The molecule has 118 valence electrons. The first-order valence-electron chi connectivity index (χ1n) is 8.50. The van der Waals surface area contributed by atoms with E-state index in [1.54, 1.807) is 0 Å². The van der Waals surface area contributed by atoms with Gasteiger partial charge in [-0.15, -0.1) is 0 Å². The number of amides is 1. The van der Waals surface area contributed by atoms with E-state index in [4.69, 9.17) is 4.74 Å². The Morgan fingerprint density at radius 2 is 1.95 bits per heavy atom. The first-order chi connectivity index (χ1) is 10.7. The summed E-state index contributed by atoms with van der Waals surface area (Å²) < 4.78 is 5.90. The van der Waals surface area contributed by atoms with Crippen LogP contribution in [0.25, 0.3) is 0 Å². The molecule has 2 unspecified atom stereocenters. The second-order valence-electron chi connectivity index (χ2n) is 6.88. The third-order valence-electron chi connectivity index (χ3n) is 5.68. The van der Waals surface area contributed by atoms with Crippen LogP contribution in [0.5, 0.6) is 0 Å². The number of carbonyl (C=O) groups is 1. The first kappa shape index (κ1) is 14.1. The lowest BCUT2D eigenvalue weighted by Crippen LogP contribution is -2.53. The molecule has 4 aliphatic rings. The minimum absolute atomic E-state index is 0.0966. The lowest BCUT2D eigenvalue weighted by molar-refractivity contribution is -0.0469. The molecule has 4 heteroatoms. The average molecular weight is 300 g/mol. The highest BCUT2D eigenvalue weighted by molar-refractivity contribution is 5.69. The van der Waals surface area contributed by atoms with Gasteiger partial charge in [-0.1, -0.05) is 24.3 Å². The van der Waals surface area contributed by atoms with Crippen molar-refractivity contribution in [1.82, 2.24) is 9.80 Å². The molecule has 0 aliphatic carbocycles. The van der Waals surface area contributed by atoms with Crippen molar-refractivity contribution in [2.75, 3.05) is 26.2 Å². The van der Waals surface area contributed by atoms with Crippen LogP contribution in [0.15, 0.2) is 24.3 Å². The third-order valence-corrected chi connectivity index (χ3v) is 5.68. The monoisotopic (exact) mass is 300 g/mol. The molecule has 1 amide bonds. The maximum Gasteiger partial charge on any atom is 0.410 e. The second-order valence-corrected chi connectivity index (χ2v) is 6.88. The maximum atomic E-state index is 12.6. The fourth-order valence-corrected chi connectivity index (χ4v) is 4.26. The smallest absolute Gasteiger partial charge is 0.410 e. The standard InChI is InChI=1S/C18H24N2O2/c1-13-16-5-3-2-4-14(16)8-11-20(13)18(21)22-17-12-19-9-6-15(17)7-10-19/h2-5,13,15,17H,6-12H2,1H3. The van der Waals surface area contributed by atoms with Gasteiger partial charge in [-0.05, 0) is 56.3 Å². The molecule has 2 bridgehead atoms. The van der Waals surface area contributed by atoms with Crippen molar-refractivity contribution >= 4 is 6.09 Å². The minimum atomic E-state index is -0.124. The zero-order valence-electron chi connectivity index (χ0n) is 13.2. The summed E-state index contributed by atoms with van der Waals surface area (Å²) in [7, 11) is 0. The Kier molecular flexibility index (Phi) is 3.57. The number of nitrogens with zero attached hydrogens (tertiary/aromatic N) is 2. The van der Waals surface area contributed by atoms with Crippen molar-refractivity contribution in [2.24, 2.45) is 5.92 Å². The molecule has 4 aliphatic heterocycles. The van der Waals surface area contributed by atoms with E-state index in [2.05, 4.69) is 36.1 Å². The minimum Gasteiger partial charge on any atom is -0.444 e. The molecule has 2 atom stereocenters. The van der Waals surface area contributed by atoms with Crippen LogP contribution >= 0.6 is 0 Å². The van der Waals surface area contributed by atoms with E-state index in [-0.39, 0.29) is 18.2 Å². The maximum absolute atomic E-state index is 12.6. The van der Waals surface area contributed by atoms with Crippen molar-refractivity contribution < 1.29 is 9.53 Å². The van der Waals surface area contributed by atoms with Gasteiger partial charge in [0.05, 0.1) is 6.04 Å². The van der Waals surface area contributed by atoms with E-state index in [0.29, 0.717) is 5.92 Å². The van der Waals surface area contributed by atoms with Crippen molar-refractivity contribution in [1.29, 1.82) is 0 Å². The molecule has 22 heavy (non-hydrogen) atoms. The van der Waals surface area contributed by atoms with Gasteiger partial charge >= 0.3 is 6.09 Å². The van der Waals surface area contributed by atoms with Crippen LogP contribution in [0, 0.1) is 5.92 Å². The summed E-state index contributed by atoms with van der Waals surface area (Å²) in [6, 6.07) is 8.54. The number of ether oxygens (including phenoxy) is 1. The lowest BCUT2D eigenvalue weighted by atomic mass is 9.86. The summed E-state index contributed by atoms with van der Waals surface area (Å²) in [5.74, 6) is 0.571. The zero-order valence-corrected chi connectivity index (χ0v) is 13.2. The summed E-state index contributed by atoms with van der Waals surface area (Å²) in [5, 5.41) is 0. The molecule has 4 heterocycles. The Labute approximate surface area is 132 Å². The highest BCUT2D eigenvalue weighted by Crippen LogP contribution is 2.33. The Hall–Kier alpha value is -1.55. The molecule has 4 nitrogen and oxygen atoms in total. The van der Waals surface area contributed by atoms with Gasteiger partial charge in [0, 0.05) is 13.1 Å². The van der Waals surface area contributed by atoms with E-state index < -0.39 is 0 Å². The van der Waals surface area contributed by atoms with Gasteiger partial charge in [-0.2, -0.15) is 0 Å². The zero-order chi connectivity index (χ0) is 15.1. The number of piperidine rings is 3. The van der Waals surface area contributed by atoms with E-state index in [1.807, 2.05) is 4.90 Å². The number of hydrogen-bond donors (Lipinski definition) is 0. The highest BCUT2D eigenvalue weighted by Gasteiger charge is 2.38. The summed E-state index contributed by atoms with van der Waals surface area (Å²) in [6.07, 6.45) is 3.25. The van der Waals surface area contributed by atoms with E-state index >= 15 is 0 Å². The molecule has 0 radical (unpaired) electrons. The molecular formula is C18H24N2O2. The van der Waals surface area contributed by atoms with Gasteiger partial charge in [-0.25, -0.2) is 4.79 Å². The van der Waals surface area contributed by atoms with Crippen molar-refractivity contribution in [3.8, 4) is 0 Å². The van der Waals surface area contributed by atoms with Gasteiger partial charge in [0.1, 0.15) is 6.10 Å². The number of carbonyl (C=O) groups excluding carboxylic acids is 1. The largest absolute Gasteiger partial charge is 0.444 e. The normalized spacial score (nSPS) is 33.4. The number of rotatable bonds is 1. The van der Waals surface area contributed by atoms with E-state index in [1.165, 1.54) is 37.1 Å². The van der Waals surface area contributed by atoms with Gasteiger partial charge < -0.3 is 9.64 Å². The molecule has 0 saturated carbocycles. The number of benzene rings is 1. The predicted molar refractivity (Wildman–Crippen MR) is 84.7 cm³/mol. The van der Waals surface area contributed by atoms with Crippen LogP contribution in [0.4, 0.5) is 4.79 Å². The Morgan fingerprint density at radius 1 is 1.18 bits per heavy atom. The molecule has 5 rings (SSSR count). The van der Waals surface area contributed by atoms with Crippen LogP contribution in [0.3, 0.4) is 0 Å². The highest BCUT2D eigenvalue weighted by atomic mass is 16.6. The molecule has 0 spiro atoms. The van der Waals surface area contributed by atoms with Crippen LogP contribution in [0.1, 0.15) is 36.9 Å². The van der Waals surface area contributed by atoms with Crippen LogP contribution in [0.2, 0.25) is 0 Å². The fraction of sp³-hybridized carbons (Fsp3) is 0.611. The molecule has 0 aromatic heterocycles. The van der Waals surface area contributed by atoms with Gasteiger partial charge in [-0.3, -0.25) is 4.90 Å². The predicted octanol–water partition coefficient (Wildman–Crippen LogP) is 2.84. The van der Waals surface area contributed by atoms with Crippen LogP contribution in [-0.2, 0) is 11.2 Å². The number of fused-ring (bicyclic) bond motifs is 4. The van der Waals surface area contributed by atoms with Crippen molar-refractivity contribution in [3.63, 3.8) is 0 Å². The Balaban J connectivity index is 1.45. The summed E-state index contributed by atoms with van der Waals surface area (Å²) >= 11 is 0. The number of hydrogen-bond acceptors (Lipinski definition) is 3. The van der Waals surface area contributed by atoms with Crippen molar-refractivity contribution in [3.05, 3.63) is 35.4 Å². The second kappa shape index (κ2) is 5.58. The Morgan fingerprint density at radius 3 is 2.68 bits per heavy atom. The van der Waals surface area contributed by atoms with E-state index in [9.17, 15) is 4.79 Å². The quantitative estimate of drug-likeness (QED) is 0.799. The third kappa shape index (κ3) is 2.39. The SMILES string of the molecule is CC1c2ccccc2CCN1C(=O)OC1CN2CCC1CC2. The Bertz CT molecular complexity index is 566. The van der Waals surface area contributed by atoms with Crippen LogP contribution in [-0.4, -0.2) is 48.2 Å². The first-order valence-corrected chi connectivity index (χ1v) is 8.50. The van der Waals surface area contributed by atoms with Crippen LogP contribution < -0.4 is 0 Å². The lowest BCUT2D eigenvalue weighted by Gasteiger charge is -2.45. The molecular weight excluding hydrogens is 276 g/mol. The summed E-state index contributed by atoms with van der Waals surface area (Å²) in [4.78, 5) is 17.0. The topological polar surface area (TPSA) is 32.8 Å². The van der Waals surface area contributed by atoms with Gasteiger partial charge in [0.2, 0.25) is 0 Å². The molecule has 1 aromatic carbocycles. The van der Waals surface area contributed by atoms with E-state index in [0.717, 1.165) is 19.5 Å². The fourth-order valence-electron chi connectivity index (χ4n) is 4.26. The summed E-state index contributed by atoms with van der Waals surface area (Å²) in [5.41, 5.74) is 2.63. The van der Waals surface area contributed by atoms with Gasteiger partial charge in [0.15, 0.2) is 0 Å². The molecule has 1 aromatic rings. The van der Waals surface area contributed by atoms with Crippen molar-refractivity contribution in [2.45, 2.75) is 38.3 Å².